The molecule has 16 aromatic rings. The van der Waals surface area contributed by atoms with E-state index < -0.39 is 0 Å². The van der Waals surface area contributed by atoms with E-state index in [-0.39, 0.29) is 0 Å². The van der Waals surface area contributed by atoms with Gasteiger partial charge in [-0.25, -0.2) is 9.97 Å². The minimum absolute atomic E-state index is 0.724. The Morgan fingerprint density at radius 1 is 0.324 bits per heavy atom. The largest absolute Gasteiger partial charge is 0.456 e. The molecular formula is C67H39N5OS. The zero-order chi connectivity index (χ0) is 48.4. The van der Waals surface area contributed by atoms with Crippen LogP contribution in [0.1, 0.15) is 0 Å². The van der Waals surface area contributed by atoms with Crippen LogP contribution in [-0.2, 0) is 0 Å². The Labute approximate surface area is 427 Å². The molecule has 0 N–H and O–H groups in total. The van der Waals surface area contributed by atoms with Crippen LogP contribution in [0.3, 0.4) is 0 Å². The number of aromatic nitrogens is 5. The van der Waals surface area contributed by atoms with Gasteiger partial charge in [0, 0.05) is 98.4 Å². The first kappa shape index (κ1) is 41.0. The average Bonchev–Trinajstić information content (AvgIpc) is 4.25. The summed E-state index contributed by atoms with van der Waals surface area (Å²) >= 11 is 1.85. The Morgan fingerprint density at radius 2 is 0.865 bits per heavy atom. The number of rotatable bonds is 6. The normalized spacial score (nSPS) is 12.1. The predicted molar refractivity (Wildman–Crippen MR) is 308 cm³/mol. The number of furan rings is 1. The summed E-state index contributed by atoms with van der Waals surface area (Å²) in [6, 6.07) is 82.0. The molecule has 0 radical (unpaired) electrons. The fourth-order valence-corrected chi connectivity index (χ4v) is 12.7. The van der Waals surface area contributed by atoms with Crippen LogP contribution in [0, 0.1) is 0 Å². The van der Waals surface area contributed by atoms with Gasteiger partial charge in [0.1, 0.15) is 22.2 Å². The molecule has 6 nitrogen and oxygen atoms in total. The highest BCUT2D eigenvalue weighted by molar-refractivity contribution is 7.25. The molecule has 0 saturated heterocycles. The van der Waals surface area contributed by atoms with Crippen LogP contribution in [0.25, 0.3) is 153 Å². The summed E-state index contributed by atoms with van der Waals surface area (Å²) in [5, 5.41) is 9.61. The van der Waals surface area contributed by atoms with Crippen LogP contribution in [0.15, 0.2) is 241 Å². The fraction of sp³-hybridized carbons (Fsp3) is 0. The molecule has 6 aromatic heterocycles. The summed E-state index contributed by atoms with van der Waals surface area (Å²) in [5.41, 5.74) is 17.0. The first-order valence-electron chi connectivity index (χ1n) is 24.9. The highest BCUT2D eigenvalue weighted by atomic mass is 32.1. The third-order valence-corrected chi connectivity index (χ3v) is 16.1. The summed E-state index contributed by atoms with van der Waals surface area (Å²) in [7, 11) is 0. The van der Waals surface area contributed by atoms with Gasteiger partial charge in [-0.1, -0.05) is 158 Å². The van der Waals surface area contributed by atoms with Gasteiger partial charge in [0.15, 0.2) is 0 Å². The van der Waals surface area contributed by atoms with E-state index in [1.807, 2.05) is 41.8 Å². The van der Waals surface area contributed by atoms with Gasteiger partial charge in [0.05, 0.1) is 39.1 Å². The zero-order valence-electron chi connectivity index (χ0n) is 39.6. The second kappa shape index (κ2) is 15.9. The van der Waals surface area contributed by atoms with Crippen LogP contribution in [0.4, 0.5) is 0 Å². The minimum Gasteiger partial charge on any atom is -0.456 e. The van der Waals surface area contributed by atoms with Crippen molar-refractivity contribution >= 4 is 108 Å². The van der Waals surface area contributed by atoms with Crippen molar-refractivity contribution in [1.29, 1.82) is 0 Å². The third-order valence-electron chi connectivity index (χ3n) is 14.9. The molecule has 0 atom stereocenters. The van der Waals surface area contributed by atoms with Crippen molar-refractivity contribution in [3.05, 3.63) is 237 Å². The summed E-state index contributed by atoms with van der Waals surface area (Å²) in [6.45, 7) is 0. The maximum absolute atomic E-state index is 6.48. The van der Waals surface area contributed by atoms with Crippen molar-refractivity contribution in [3.63, 3.8) is 0 Å². The molecule has 0 fully saturated rings. The van der Waals surface area contributed by atoms with Crippen LogP contribution in [0.5, 0.6) is 0 Å². The first-order chi connectivity index (χ1) is 36.7. The molecule has 10 aromatic carbocycles. The summed E-state index contributed by atoms with van der Waals surface area (Å²) in [4.78, 5) is 16.8. The van der Waals surface area contributed by atoms with Gasteiger partial charge in [-0.3, -0.25) is 4.98 Å². The smallest absolute Gasteiger partial charge is 0.137 e. The van der Waals surface area contributed by atoms with Gasteiger partial charge < -0.3 is 13.6 Å². The highest BCUT2D eigenvalue weighted by Crippen LogP contribution is 2.44. The molecule has 6 heterocycles. The Hall–Kier alpha value is -9.69. The average molecular weight is 962 g/mol. The third kappa shape index (κ3) is 6.14. The lowest BCUT2D eigenvalue weighted by Crippen LogP contribution is -2.01. The first-order valence-corrected chi connectivity index (χ1v) is 25.7. The van der Waals surface area contributed by atoms with Gasteiger partial charge in [-0.2, -0.15) is 0 Å². The molecule has 74 heavy (non-hydrogen) atoms. The summed E-state index contributed by atoms with van der Waals surface area (Å²) in [5.74, 6) is 0. The molecule has 0 unspecified atom stereocenters. The number of fused-ring (bicyclic) bond motifs is 13. The number of thiophene rings is 1. The summed E-state index contributed by atoms with van der Waals surface area (Å²) < 4.78 is 13.8. The van der Waals surface area contributed by atoms with E-state index in [1.54, 1.807) is 0 Å². The molecule has 0 saturated carbocycles. The molecule has 0 aliphatic rings. The molecule has 0 bridgehead atoms. The highest BCUT2D eigenvalue weighted by Gasteiger charge is 2.23. The van der Waals surface area contributed by atoms with E-state index in [4.69, 9.17) is 19.4 Å². The number of benzene rings is 10. The molecule has 7 heteroatoms. The van der Waals surface area contributed by atoms with Gasteiger partial charge in [0.25, 0.3) is 0 Å². The van der Waals surface area contributed by atoms with Crippen LogP contribution >= 0.6 is 11.3 Å². The SMILES string of the molecule is c1ccc(-c2nc3c(-c4cccc(-n5c6ccccc6c6cc7c(cc65)oc5ccccc57)c4)cnc(-c4cccc(-n5c6ccccc6c6cc7c(cc65)sc5ccccc57)c4)c3nc2-c2ccccc2)cc1. The minimum atomic E-state index is 0.724. The standard InChI is InChI=1S/C67H39N5OS/c1-3-17-40(18-4-1)64-65(41-19-5-2-6-20-41)70-67-63(43-22-16-24-45(34-43)72-56-30-12-8-26-47(56)51-36-53-49-28-10-14-32-61(49)74-62(53)38-58(51)72)68-39-54(66(67)69-64)42-21-15-23-44(33-42)71-55-29-11-7-25-46(55)50-35-52-48-27-9-13-31-59(48)73-60(52)37-57(50)71/h1-39H. The molecule has 16 rings (SSSR count). The number of pyridine rings is 1. The molecule has 0 amide bonds. The lowest BCUT2D eigenvalue weighted by Gasteiger charge is -2.16. The van der Waals surface area contributed by atoms with Gasteiger partial charge in [0.2, 0.25) is 0 Å². The predicted octanol–water partition coefficient (Wildman–Crippen LogP) is 18.2. The van der Waals surface area contributed by atoms with Crippen molar-refractivity contribution in [2.75, 3.05) is 0 Å². The van der Waals surface area contributed by atoms with Crippen molar-refractivity contribution in [1.82, 2.24) is 24.1 Å². The van der Waals surface area contributed by atoms with E-state index in [1.165, 1.54) is 47.2 Å². The topological polar surface area (TPSA) is 61.7 Å². The number of hydrogen-bond acceptors (Lipinski definition) is 5. The quantitative estimate of drug-likeness (QED) is 0.167. The maximum Gasteiger partial charge on any atom is 0.137 e. The number of nitrogens with zero attached hydrogens (tertiary/aromatic N) is 5. The van der Waals surface area contributed by atoms with Gasteiger partial charge >= 0.3 is 0 Å². The Kier molecular flexibility index (Phi) is 8.81. The summed E-state index contributed by atoms with van der Waals surface area (Å²) in [6.07, 6.45) is 2.00. The second-order valence-corrected chi connectivity index (χ2v) is 20.2. The Morgan fingerprint density at radius 3 is 1.57 bits per heavy atom. The molecule has 344 valence electrons. The monoisotopic (exact) mass is 961 g/mol. The molecular weight excluding hydrogens is 923 g/mol. The lowest BCUT2D eigenvalue weighted by atomic mass is 9.99. The van der Waals surface area contributed by atoms with Gasteiger partial charge in [-0.15, -0.1) is 11.3 Å². The van der Waals surface area contributed by atoms with E-state index in [0.717, 1.165) is 106 Å². The Bertz CT molecular complexity index is 4650. The number of hydrogen-bond donors (Lipinski definition) is 0. The second-order valence-electron chi connectivity index (χ2n) is 19.1. The molecule has 0 aliphatic heterocycles. The van der Waals surface area contributed by atoms with Crippen LogP contribution in [0.2, 0.25) is 0 Å². The lowest BCUT2D eigenvalue weighted by molar-refractivity contribution is 0.669. The van der Waals surface area contributed by atoms with E-state index in [9.17, 15) is 0 Å². The van der Waals surface area contributed by atoms with E-state index >= 15 is 0 Å². The fourth-order valence-electron chi connectivity index (χ4n) is 11.6. The van der Waals surface area contributed by atoms with Crippen molar-refractivity contribution in [2.24, 2.45) is 0 Å². The molecule has 0 aliphatic carbocycles. The van der Waals surface area contributed by atoms with Crippen LogP contribution in [-0.4, -0.2) is 24.1 Å². The van der Waals surface area contributed by atoms with E-state index in [2.05, 4.69) is 215 Å². The van der Waals surface area contributed by atoms with Crippen LogP contribution < -0.4 is 0 Å². The van der Waals surface area contributed by atoms with Crippen molar-refractivity contribution < 1.29 is 4.42 Å². The zero-order valence-corrected chi connectivity index (χ0v) is 40.4. The van der Waals surface area contributed by atoms with Crippen molar-refractivity contribution in [3.8, 4) is 56.3 Å². The van der Waals surface area contributed by atoms with E-state index in [0.29, 0.717) is 0 Å². The maximum atomic E-state index is 6.48. The molecule has 0 spiro atoms. The van der Waals surface area contributed by atoms with Gasteiger partial charge in [-0.05, 0) is 72.3 Å². The number of para-hydroxylation sites is 3. The Balaban J connectivity index is 0.924. The van der Waals surface area contributed by atoms with Crippen molar-refractivity contribution in [2.45, 2.75) is 0 Å².